The Hall–Kier alpha value is -2.44. The smallest absolute Gasteiger partial charge is 0.307 e. The van der Waals surface area contributed by atoms with Crippen LogP contribution in [-0.4, -0.2) is 33.5 Å². The fourth-order valence-corrected chi connectivity index (χ4v) is 2.35. The number of aromatic nitrogens is 2. The number of carboxylic acids is 1. The van der Waals surface area contributed by atoms with Gasteiger partial charge in [0, 0.05) is 13.0 Å². The number of carboxylic acid groups (broad SMARTS) is 1. The van der Waals surface area contributed by atoms with Gasteiger partial charge >= 0.3 is 5.97 Å². The summed E-state index contributed by atoms with van der Waals surface area (Å²) in [5.74, 6) is -1.79. The maximum atomic E-state index is 13.0. The number of aliphatic carboxylic acids is 1. The van der Waals surface area contributed by atoms with Gasteiger partial charge in [0.2, 0.25) is 5.91 Å². The fourth-order valence-electron chi connectivity index (χ4n) is 2.35. The number of imidazole rings is 1. The molecule has 110 valence electrons. The molecule has 3 N–H and O–H groups in total. The summed E-state index contributed by atoms with van der Waals surface area (Å²) < 4.78 is 13.0. The fraction of sp³-hybridized carbons (Fsp3) is 0.357. The number of nitrogens with zero attached hydrogens (tertiary/aromatic N) is 1. The molecule has 0 spiro atoms. The predicted octanol–water partition coefficient (Wildman–Crippen LogP) is 1.08. The monoisotopic (exact) mass is 291 g/mol. The first-order chi connectivity index (χ1) is 10.0. The van der Waals surface area contributed by atoms with E-state index in [-0.39, 0.29) is 11.7 Å². The number of carbonyl (C=O) groups is 2. The molecule has 2 atom stereocenters. The lowest BCUT2D eigenvalue weighted by atomic mass is 10.3. The minimum atomic E-state index is -0.922. The lowest BCUT2D eigenvalue weighted by Gasteiger charge is -2.02. The van der Waals surface area contributed by atoms with E-state index >= 15 is 0 Å². The summed E-state index contributed by atoms with van der Waals surface area (Å²) in [6.45, 7) is 0.365. The topological polar surface area (TPSA) is 95.1 Å². The molecular formula is C14H14FN3O3. The van der Waals surface area contributed by atoms with E-state index in [1.165, 1.54) is 12.1 Å². The third-order valence-electron chi connectivity index (χ3n) is 3.60. The van der Waals surface area contributed by atoms with Crippen molar-refractivity contribution in [3.8, 4) is 0 Å². The highest BCUT2D eigenvalue weighted by atomic mass is 19.1. The third kappa shape index (κ3) is 2.86. The number of nitrogens with one attached hydrogen (secondary N) is 2. The second-order valence-electron chi connectivity index (χ2n) is 5.17. The van der Waals surface area contributed by atoms with Crippen LogP contribution in [0.25, 0.3) is 11.0 Å². The zero-order valence-corrected chi connectivity index (χ0v) is 11.1. The first kappa shape index (κ1) is 13.5. The zero-order valence-electron chi connectivity index (χ0n) is 11.1. The summed E-state index contributed by atoms with van der Waals surface area (Å²) in [6, 6.07) is 4.30. The van der Waals surface area contributed by atoms with Crippen LogP contribution < -0.4 is 5.32 Å². The van der Waals surface area contributed by atoms with E-state index in [0.717, 1.165) is 0 Å². The number of halogens is 1. The maximum absolute atomic E-state index is 13.0. The molecule has 2 aromatic rings. The number of hydrogen-bond acceptors (Lipinski definition) is 3. The Balaban J connectivity index is 1.53. The van der Waals surface area contributed by atoms with E-state index in [2.05, 4.69) is 15.3 Å². The van der Waals surface area contributed by atoms with E-state index < -0.39 is 17.8 Å². The molecule has 21 heavy (non-hydrogen) atoms. The number of benzene rings is 1. The standard InChI is InChI=1S/C14H14FN3O3/c15-7-1-2-10-11(5-7)18-12(17-10)3-4-16-13(19)8-6-9(8)14(20)21/h1-2,5,8-9H,3-4,6H2,(H,16,19)(H,17,18)(H,20,21). The van der Waals surface area contributed by atoms with E-state index in [9.17, 15) is 14.0 Å². The van der Waals surface area contributed by atoms with Crippen molar-refractivity contribution in [1.29, 1.82) is 0 Å². The molecule has 1 aromatic carbocycles. The molecular weight excluding hydrogens is 277 g/mol. The molecule has 0 aliphatic heterocycles. The van der Waals surface area contributed by atoms with Gasteiger partial charge < -0.3 is 15.4 Å². The van der Waals surface area contributed by atoms with Crippen molar-refractivity contribution in [3.05, 3.63) is 29.8 Å². The van der Waals surface area contributed by atoms with Crippen LogP contribution in [0.2, 0.25) is 0 Å². The molecule has 0 saturated heterocycles. The second-order valence-corrected chi connectivity index (χ2v) is 5.17. The summed E-state index contributed by atoms with van der Waals surface area (Å²) in [7, 11) is 0. The Bertz CT molecular complexity index is 713. The number of hydrogen-bond donors (Lipinski definition) is 3. The minimum Gasteiger partial charge on any atom is -0.481 e. The van der Waals surface area contributed by atoms with E-state index in [1.54, 1.807) is 6.07 Å². The van der Waals surface area contributed by atoms with Gasteiger partial charge in [0.05, 0.1) is 22.9 Å². The molecule has 2 unspecified atom stereocenters. The highest BCUT2D eigenvalue weighted by Gasteiger charge is 2.48. The van der Waals surface area contributed by atoms with Crippen LogP contribution in [0.5, 0.6) is 0 Å². The number of amides is 1. The molecule has 0 radical (unpaired) electrons. The molecule has 6 nitrogen and oxygen atoms in total. The van der Waals surface area contributed by atoms with Crippen LogP contribution >= 0.6 is 0 Å². The molecule has 1 aliphatic carbocycles. The maximum Gasteiger partial charge on any atom is 0.307 e. The van der Waals surface area contributed by atoms with Crippen LogP contribution in [0.15, 0.2) is 18.2 Å². The van der Waals surface area contributed by atoms with Crippen molar-refractivity contribution in [2.75, 3.05) is 6.54 Å². The molecule has 1 saturated carbocycles. The number of fused-ring (bicyclic) bond motifs is 1. The predicted molar refractivity (Wildman–Crippen MR) is 72.0 cm³/mol. The Labute approximate surface area is 119 Å². The molecule has 7 heteroatoms. The first-order valence-corrected chi connectivity index (χ1v) is 6.69. The minimum absolute atomic E-state index is 0.232. The normalized spacial score (nSPS) is 20.4. The van der Waals surface area contributed by atoms with Crippen LogP contribution in [0.3, 0.4) is 0 Å². The van der Waals surface area contributed by atoms with Crippen molar-refractivity contribution < 1.29 is 19.1 Å². The van der Waals surface area contributed by atoms with Crippen molar-refractivity contribution in [2.24, 2.45) is 11.8 Å². The summed E-state index contributed by atoms with van der Waals surface area (Å²) in [6.07, 6.45) is 0.886. The van der Waals surface area contributed by atoms with Gasteiger partial charge in [-0.05, 0) is 24.6 Å². The average molecular weight is 291 g/mol. The number of H-pyrrole nitrogens is 1. The summed E-state index contributed by atoms with van der Waals surface area (Å²) in [5.41, 5.74) is 1.29. The molecule has 3 rings (SSSR count). The van der Waals surface area contributed by atoms with E-state index in [0.29, 0.717) is 36.2 Å². The Morgan fingerprint density at radius 1 is 1.43 bits per heavy atom. The van der Waals surface area contributed by atoms with E-state index in [4.69, 9.17) is 5.11 Å². The summed E-state index contributed by atoms with van der Waals surface area (Å²) in [5, 5.41) is 11.5. The quantitative estimate of drug-likeness (QED) is 0.768. The highest BCUT2D eigenvalue weighted by Crippen LogP contribution is 2.38. The number of aromatic amines is 1. The molecule has 0 bridgehead atoms. The Morgan fingerprint density at radius 2 is 2.24 bits per heavy atom. The van der Waals surface area contributed by atoms with Gasteiger partial charge in [-0.15, -0.1) is 0 Å². The van der Waals surface area contributed by atoms with Crippen LogP contribution in [0.1, 0.15) is 12.2 Å². The number of rotatable bonds is 5. The van der Waals surface area contributed by atoms with Crippen LogP contribution in [-0.2, 0) is 16.0 Å². The molecule has 1 amide bonds. The van der Waals surface area contributed by atoms with Gasteiger partial charge in [-0.25, -0.2) is 9.37 Å². The average Bonchev–Trinajstić information content (AvgIpc) is 3.14. The van der Waals surface area contributed by atoms with E-state index in [1.807, 2.05) is 0 Å². The largest absolute Gasteiger partial charge is 0.481 e. The number of carbonyl (C=O) groups excluding carboxylic acids is 1. The highest BCUT2D eigenvalue weighted by molar-refractivity contribution is 5.89. The molecule has 1 aromatic heterocycles. The van der Waals surface area contributed by atoms with Crippen LogP contribution in [0, 0.1) is 17.7 Å². The van der Waals surface area contributed by atoms with Gasteiger partial charge in [-0.3, -0.25) is 9.59 Å². The lowest BCUT2D eigenvalue weighted by molar-refractivity contribution is -0.140. The van der Waals surface area contributed by atoms with Crippen molar-refractivity contribution >= 4 is 22.9 Å². The molecule has 1 heterocycles. The molecule has 1 fully saturated rings. The van der Waals surface area contributed by atoms with Crippen LogP contribution in [0.4, 0.5) is 4.39 Å². The van der Waals surface area contributed by atoms with Crippen molar-refractivity contribution in [2.45, 2.75) is 12.8 Å². The summed E-state index contributed by atoms with van der Waals surface area (Å²) >= 11 is 0. The first-order valence-electron chi connectivity index (χ1n) is 6.69. The Morgan fingerprint density at radius 3 is 2.95 bits per heavy atom. The van der Waals surface area contributed by atoms with Gasteiger partial charge in [-0.2, -0.15) is 0 Å². The third-order valence-corrected chi connectivity index (χ3v) is 3.60. The SMILES string of the molecule is O=C(O)C1CC1C(=O)NCCc1nc2ccc(F)cc2[nH]1. The van der Waals surface area contributed by atoms with Gasteiger partial charge in [-0.1, -0.05) is 0 Å². The molecule has 1 aliphatic rings. The second kappa shape index (κ2) is 5.16. The summed E-state index contributed by atoms with van der Waals surface area (Å²) in [4.78, 5) is 29.6. The van der Waals surface area contributed by atoms with Gasteiger partial charge in [0.25, 0.3) is 0 Å². The van der Waals surface area contributed by atoms with Crippen molar-refractivity contribution in [3.63, 3.8) is 0 Å². The zero-order chi connectivity index (χ0) is 15.0. The lowest BCUT2D eigenvalue weighted by Crippen LogP contribution is -2.28. The van der Waals surface area contributed by atoms with Crippen molar-refractivity contribution in [1.82, 2.24) is 15.3 Å². The Kier molecular flexibility index (Phi) is 3.32. The van der Waals surface area contributed by atoms with Gasteiger partial charge in [0.1, 0.15) is 11.6 Å². The van der Waals surface area contributed by atoms with Gasteiger partial charge in [0.15, 0.2) is 0 Å².